The number of nitrogens with one attached hydrogen (secondary N) is 4. The normalized spacial score (nSPS) is 23.3. The van der Waals surface area contributed by atoms with Crippen LogP contribution >= 0.6 is 0 Å². The number of hydrogen-bond acceptors (Lipinski definition) is 8. The maximum Gasteiger partial charge on any atom is 0.318 e. The van der Waals surface area contributed by atoms with Crippen molar-refractivity contribution in [2.75, 3.05) is 11.9 Å². The van der Waals surface area contributed by atoms with Gasteiger partial charge >= 0.3 is 6.03 Å². The predicted octanol–water partition coefficient (Wildman–Crippen LogP) is 3.50. The van der Waals surface area contributed by atoms with Crippen LogP contribution in [-0.4, -0.2) is 72.6 Å². The van der Waals surface area contributed by atoms with Crippen molar-refractivity contribution in [3.8, 4) is 0 Å². The fourth-order valence-electron chi connectivity index (χ4n) is 7.56. The molecule has 13 nitrogen and oxygen atoms in total. The topological polar surface area (TPSA) is 177 Å². The summed E-state index contributed by atoms with van der Waals surface area (Å²) in [6.07, 6.45) is 8.71. The molecule has 3 aromatic rings. The molecule has 0 radical (unpaired) electrons. The predicted molar refractivity (Wildman–Crippen MR) is 174 cm³/mol. The minimum absolute atomic E-state index is 0.0129. The Labute approximate surface area is 272 Å². The number of urea groups is 1. The van der Waals surface area contributed by atoms with Crippen molar-refractivity contribution in [3.63, 3.8) is 0 Å². The highest BCUT2D eigenvalue weighted by Crippen LogP contribution is 2.51. The van der Waals surface area contributed by atoms with Crippen LogP contribution in [0.4, 0.5) is 10.5 Å². The Balaban J connectivity index is 1.18. The number of rotatable bonds is 11. The first-order chi connectivity index (χ1) is 22.6. The first-order valence-corrected chi connectivity index (χ1v) is 16.5. The minimum Gasteiger partial charge on any atom is -0.410 e. The lowest BCUT2D eigenvalue weighted by atomic mass is 9.88. The van der Waals surface area contributed by atoms with Gasteiger partial charge in [0, 0.05) is 31.3 Å². The van der Waals surface area contributed by atoms with E-state index < -0.39 is 23.2 Å². The van der Waals surface area contributed by atoms with Crippen molar-refractivity contribution in [2.45, 2.75) is 76.9 Å². The monoisotopic (exact) mass is 639 g/mol. The second-order valence-corrected chi connectivity index (χ2v) is 14.0. The summed E-state index contributed by atoms with van der Waals surface area (Å²) < 4.78 is 1.73. The maximum atomic E-state index is 14.0. The van der Waals surface area contributed by atoms with Crippen LogP contribution in [0.15, 0.2) is 47.9 Å². The molecular formula is C34H41N9O4. The van der Waals surface area contributed by atoms with Gasteiger partial charge in [-0.15, -0.1) is 0 Å². The Kier molecular flexibility index (Phi) is 7.72. The van der Waals surface area contributed by atoms with Gasteiger partial charge < -0.3 is 31.5 Å². The van der Waals surface area contributed by atoms with E-state index in [4.69, 9.17) is 10.4 Å². The van der Waals surface area contributed by atoms with Crippen LogP contribution in [0.3, 0.4) is 0 Å². The Morgan fingerprint density at radius 1 is 1.13 bits per heavy atom. The summed E-state index contributed by atoms with van der Waals surface area (Å²) >= 11 is 0. The molecule has 246 valence electrons. The molecule has 4 amide bonds. The Bertz CT molecular complexity index is 1750. The van der Waals surface area contributed by atoms with E-state index >= 15 is 0 Å². The van der Waals surface area contributed by atoms with Crippen LogP contribution < -0.4 is 16.0 Å². The highest BCUT2D eigenvalue weighted by atomic mass is 16.4. The molecule has 0 bridgehead atoms. The number of carbonyl (C=O) groups excluding carboxylic acids is 3. The first kappa shape index (κ1) is 30.8. The van der Waals surface area contributed by atoms with Crippen molar-refractivity contribution >= 4 is 40.6 Å². The van der Waals surface area contributed by atoms with Gasteiger partial charge in [-0.05, 0) is 91.7 Å². The summed E-state index contributed by atoms with van der Waals surface area (Å²) in [4.78, 5) is 47.4. The van der Waals surface area contributed by atoms with Crippen molar-refractivity contribution in [3.05, 3.63) is 59.5 Å². The zero-order valence-corrected chi connectivity index (χ0v) is 26.9. The number of imidazole rings is 1. The van der Waals surface area contributed by atoms with Gasteiger partial charge in [-0.25, -0.2) is 14.3 Å². The van der Waals surface area contributed by atoms with Crippen LogP contribution in [0, 0.1) is 29.1 Å². The van der Waals surface area contributed by atoms with Gasteiger partial charge in [0.2, 0.25) is 5.91 Å². The lowest BCUT2D eigenvalue weighted by Gasteiger charge is -2.37. The molecule has 13 heteroatoms. The standard InChI is InChI=1S/C34H41N9O4/c1-18(2)25-16-42(33(46)38-25)34(26-17-43-27(39-26)5-4-12-36-43)14-22-10-11-24(13-23(22)15-34)37-32(45)30(28(20-6-7-20)21-8-9-21)40-31(44)29(41-47)19(3)35/h4-5,10-13,17-18,20-21,25,28,30,35,47H,6-9,14-16H2,1-3H3,(H,37,45)(H,38,46)(H,40,44)/t25-,30-,34?/m0/s1. The molecule has 1 aromatic carbocycles. The molecule has 3 heterocycles. The lowest BCUT2D eigenvalue weighted by Crippen LogP contribution is -2.52. The van der Waals surface area contributed by atoms with Crippen LogP contribution in [0.2, 0.25) is 0 Å². The van der Waals surface area contributed by atoms with E-state index in [0.717, 1.165) is 42.5 Å². The summed E-state index contributed by atoms with van der Waals surface area (Å²) in [5.74, 6) is -0.155. The molecular weight excluding hydrogens is 598 g/mol. The van der Waals surface area contributed by atoms with Gasteiger partial charge in [-0.1, -0.05) is 25.1 Å². The number of benzene rings is 1. The summed E-state index contributed by atoms with van der Waals surface area (Å²) in [6.45, 7) is 6.12. The Morgan fingerprint density at radius 2 is 1.85 bits per heavy atom. The number of anilines is 1. The van der Waals surface area contributed by atoms with Gasteiger partial charge in [0.15, 0.2) is 11.4 Å². The lowest BCUT2D eigenvalue weighted by molar-refractivity contribution is -0.124. The van der Waals surface area contributed by atoms with Crippen LogP contribution in [-0.2, 0) is 28.0 Å². The number of carbonyl (C=O) groups is 3. The van der Waals surface area contributed by atoms with E-state index in [9.17, 15) is 19.6 Å². The SMILES string of the molecule is CC(=N)C(=NO)C(=O)N[C@H](C(=O)Nc1ccc2c(c1)CC(c1cn3ncccc3n1)(N1C[C@@H](C(C)C)NC1=O)C2)C(C1CC1)C1CC1. The van der Waals surface area contributed by atoms with E-state index in [1.54, 1.807) is 10.7 Å². The van der Waals surface area contributed by atoms with E-state index in [2.05, 4.69) is 40.1 Å². The molecule has 2 aromatic heterocycles. The largest absolute Gasteiger partial charge is 0.410 e. The van der Waals surface area contributed by atoms with Crippen LogP contribution in [0.25, 0.3) is 5.65 Å². The van der Waals surface area contributed by atoms with Crippen LogP contribution in [0.5, 0.6) is 0 Å². The highest BCUT2D eigenvalue weighted by Gasteiger charge is 2.52. The number of aromatic nitrogens is 3. The second kappa shape index (κ2) is 11.8. The van der Waals surface area contributed by atoms with E-state index in [1.807, 2.05) is 41.4 Å². The molecule has 2 saturated carbocycles. The molecule has 1 unspecified atom stereocenters. The second-order valence-electron chi connectivity index (χ2n) is 14.0. The molecule has 0 spiro atoms. The molecule has 7 rings (SSSR count). The minimum atomic E-state index is -0.835. The summed E-state index contributed by atoms with van der Waals surface area (Å²) in [6, 6.07) is 8.61. The average Bonchev–Trinajstić information content (AvgIpc) is 3.93. The van der Waals surface area contributed by atoms with Gasteiger partial charge in [0.05, 0.1) is 29.2 Å². The van der Waals surface area contributed by atoms with Crippen molar-refractivity contribution < 1.29 is 19.6 Å². The fraction of sp³-hybridized carbons (Fsp3) is 0.500. The van der Waals surface area contributed by atoms with Gasteiger partial charge in [-0.3, -0.25) is 9.59 Å². The smallest absolute Gasteiger partial charge is 0.318 e. The third-order valence-electron chi connectivity index (χ3n) is 10.4. The number of fused-ring (bicyclic) bond motifs is 2. The summed E-state index contributed by atoms with van der Waals surface area (Å²) in [5.41, 5.74) is 2.80. The summed E-state index contributed by atoms with van der Waals surface area (Å²) in [7, 11) is 0. The molecule has 1 aliphatic heterocycles. The summed E-state index contributed by atoms with van der Waals surface area (Å²) in [5, 5.41) is 33.7. The van der Waals surface area contributed by atoms with Gasteiger partial charge in [-0.2, -0.15) is 5.10 Å². The van der Waals surface area contributed by atoms with E-state index in [-0.39, 0.29) is 35.5 Å². The molecule has 3 atom stereocenters. The molecule has 47 heavy (non-hydrogen) atoms. The zero-order chi connectivity index (χ0) is 33.0. The fourth-order valence-corrected chi connectivity index (χ4v) is 7.56. The van der Waals surface area contributed by atoms with Crippen molar-refractivity contribution in [1.82, 2.24) is 30.1 Å². The zero-order valence-electron chi connectivity index (χ0n) is 26.9. The number of amides is 4. The number of oxime groups is 1. The van der Waals surface area contributed by atoms with Gasteiger partial charge in [0.25, 0.3) is 5.91 Å². The third-order valence-corrected chi connectivity index (χ3v) is 10.4. The third kappa shape index (κ3) is 5.72. The average molecular weight is 640 g/mol. The van der Waals surface area contributed by atoms with E-state index in [0.29, 0.717) is 42.6 Å². The van der Waals surface area contributed by atoms with E-state index in [1.165, 1.54) is 6.92 Å². The maximum absolute atomic E-state index is 14.0. The molecule has 3 aliphatic carbocycles. The Hall–Kier alpha value is -4.81. The molecule has 5 N–H and O–H groups in total. The van der Waals surface area contributed by atoms with Crippen LogP contribution in [0.1, 0.15) is 63.3 Å². The van der Waals surface area contributed by atoms with Crippen molar-refractivity contribution in [2.24, 2.45) is 28.8 Å². The molecule has 1 saturated heterocycles. The number of hydrogen-bond donors (Lipinski definition) is 5. The molecule has 4 aliphatic rings. The van der Waals surface area contributed by atoms with Gasteiger partial charge in [0.1, 0.15) is 6.04 Å². The van der Waals surface area contributed by atoms with Crippen molar-refractivity contribution in [1.29, 1.82) is 5.41 Å². The number of nitrogens with zero attached hydrogens (tertiary/aromatic N) is 5. The molecule has 3 fully saturated rings. The first-order valence-electron chi connectivity index (χ1n) is 16.5. The highest BCUT2D eigenvalue weighted by molar-refractivity contribution is 6.65. The Morgan fingerprint density at radius 3 is 2.47 bits per heavy atom. The quantitative estimate of drug-likeness (QED) is 0.122.